The van der Waals surface area contributed by atoms with Crippen LogP contribution < -0.4 is 10.6 Å². The minimum Gasteiger partial charge on any atom is -0.377 e. The molecule has 8 nitrogen and oxygen atoms in total. The Kier molecular flexibility index (Phi) is 4.83. The first kappa shape index (κ1) is 14.2. The molecule has 0 spiro atoms. The summed E-state index contributed by atoms with van der Waals surface area (Å²) in [6, 6.07) is 0. The van der Waals surface area contributed by atoms with E-state index in [2.05, 4.69) is 30.6 Å². The Labute approximate surface area is 117 Å². The quantitative estimate of drug-likeness (QED) is 0.778. The molecule has 0 fully saturated rings. The third kappa shape index (κ3) is 3.64. The monoisotopic (exact) mass is 277 g/mol. The number of hydrogen-bond donors (Lipinski definition) is 2. The number of nitrogens with zero attached hydrogens (tertiary/aromatic N) is 5. The summed E-state index contributed by atoms with van der Waals surface area (Å²) in [4.78, 5) is 16.9. The lowest BCUT2D eigenvalue weighted by Crippen LogP contribution is -2.21. The van der Waals surface area contributed by atoms with E-state index in [-0.39, 0.29) is 6.10 Å². The van der Waals surface area contributed by atoms with E-state index in [1.54, 1.807) is 30.3 Å². The van der Waals surface area contributed by atoms with Crippen molar-refractivity contribution in [2.24, 2.45) is 0 Å². The van der Waals surface area contributed by atoms with Gasteiger partial charge >= 0.3 is 0 Å². The summed E-state index contributed by atoms with van der Waals surface area (Å²) in [5.41, 5.74) is 0. The predicted octanol–water partition coefficient (Wildman–Crippen LogP) is 0.936. The highest BCUT2D eigenvalue weighted by molar-refractivity contribution is 5.37. The van der Waals surface area contributed by atoms with Gasteiger partial charge in [-0.25, -0.2) is 4.98 Å². The molecule has 2 aromatic heterocycles. The normalized spacial score (nSPS) is 12.2. The summed E-state index contributed by atoms with van der Waals surface area (Å²) in [6.45, 7) is 5.27. The molecule has 0 bridgehead atoms. The molecule has 20 heavy (non-hydrogen) atoms. The molecule has 0 saturated carbocycles. The second-order valence-electron chi connectivity index (χ2n) is 4.15. The van der Waals surface area contributed by atoms with E-state index in [0.717, 1.165) is 0 Å². The summed E-state index contributed by atoms with van der Waals surface area (Å²) < 4.78 is 7.18. The Morgan fingerprint density at radius 2 is 2.10 bits per heavy atom. The lowest BCUT2D eigenvalue weighted by atomic mass is 10.4. The molecule has 0 aliphatic rings. The van der Waals surface area contributed by atoms with Crippen LogP contribution in [0.5, 0.6) is 0 Å². The molecule has 8 heteroatoms. The average molecular weight is 277 g/mol. The number of ether oxygens (including phenoxy) is 1. The first-order valence-corrected chi connectivity index (χ1v) is 6.50. The highest BCUT2D eigenvalue weighted by Gasteiger charge is 2.08. The van der Waals surface area contributed by atoms with E-state index in [1.807, 2.05) is 13.8 Å². The fourth-order valence-electron chi connectivity index (χ4n) is 1.63. The van der Waals surface area contributed by atoms with Gasteiger partial charge in [0.05, 0.1) is 6.10 Å². The molecule has 1 atom stereocenters. The molecule has 0 aromatic carbocycles. The van der Waals surface area contributed by atoms with E-state index >= 15 is 0 Å². The molecule has 0 radical (unpaired) electrons. The van der Waals surface area contributed by atoms with Crippen LogP contribution in [0.15, 0.2) is 18.7 Å². The number of anilines is 2. The first-order valence-electron chi connectivity index (χ1n) is 6.50. The van der Waals surface area contributed by atoms with Crippen LogP contribution in [0.2, 0.25) is 0 Å². The van der Waals surface area contributed by atoms with Crippen molar-refractivity contribution in [1.82, 2.24) is 24.5 Å². The second kappa shape index (κ2) is 6.80. The summed E-state index contributed by atoms with van der Waals surface area (Å²) in [5.74, 6) is 1.50. The first-order chi connectivity index (χ1) is 9.72. The average Bonchev–Trinajstić information content (AvgIpc) is 2.99. The molecular weight excluding hydrogens is 258 g/mol. The van der Waals surface area contributed by atoms with Crippen LogP contribution >= 0.6 is 0 Å². The SMILES string of the molecule is CCOC(C)CNc1nc(NC)nc(-n2ccnc2)n1. The van der Waals surface area contributed by atoms with E-state index in [1.165, 1.54) is 0 Å². The van der Waals surface area contributed by atoms with Gasteiger partial charge in [0.15, 0.2) is 0 Å². The van der Waals surface area contributed by atoms with E-state index in [9.17, 15) is 0 Å². The number of nitrogens with one attached hydrogen (secondary N) is 2. The Morgan fingerprint density at radius 3 is 2.75 bits per heavy atom. The van der Waals surface area contributed by atoms with Crippen LogP contribution in [0.3, 0.4) is 0 Å². The zero-order valence-electron chi connectivity index (χ0n) is 11.9. The predicted molar refractivity (Wildman–Crippen MR) is 76.1 cm³/mol. The van der Waals surface area contributed by atoms with Gasteiger partial charge in [0.25, 0.3) is 0 Å². The van der Waals surface area contributed by atoms with Crippen LogP contribution in [-0.2, 0) is 4.74 Å². The molecule has 2 heterocycles. The highest BCUT2D eigenvalue weighted by Crippen LogP contribution is 2.09. The minimum atomic E-state index is 0.0893. The molecule has 108 valence electrons. The zero-order valence-corrected chi connectivity index (χ0v) is 11.9. The van der Waals surface area contributed by atoms with Gasteiger partial charge in [-0.05, 0) is 13.8 Å². The van der Waals surface area contributed by atoms with Crippen molar-refractivity contribution in [2.75, 3.05) is 30.8 Å². The highest BCUT2D eigenvalue weighted by atomic mass is 16.5. The molecule has 0 aliphatic carbocycles. The minimum absolute atomic E-state index is 0.0893. The van der Waals surface area contributed by atoms with Gasteiger partial charge in [-0.2, -0.15) is 15.0 Å². The van der Waals surface area contributed by atoms with E-state index in [4.69, 9.17) is 4.74 Å². The van der Waals surface area contributed by atoms with Crippen LogP contribution in [-0.4, -0.2) is 50.8 Å². The molecule has 0 saturated heterocycles. The van der Waals surface area contributed by atoms with Crippen LogP contribution in [0.25, 0.3) is 5.95 Å². The van der Waals surface area contributed by atoms with Crippen LogP contribution in [0.4, 0.5) is 11.9 Å². The van der Waals surface area contributed by atoms with Crippen molar-refractivity contribution in [2.45, 2.75) is 20.0 Å². The fraction of sp³-hybridized carbons (Fsp3) is 0.500. The van der Waals surface area contributed by atoms with Gasteiger partial charge in [0.1, 0.15) is 6.33 Å². The smallest absolute Gasteiger partial charge is 0.241 e. The van der Waals surface area contributed by atoms with Crippen molar-refractivity contribution in [1.29, 1.82) is 0 Å². The van der Waals surface area contributed by atoms with E-state index < -0.39 is 0 Å². The van der Waals surface area contributed by atoms with Crippen molar-refractivity contribution in [3.05, 3.63) is 18.7 Å². The molecule has 2 N–H and O–H groups in total. The zero-order chi connectivity index (χ0) is 14.4. The summed E-state index contributed by atoms with van der Waals surface area (Å²) >= 11 is 0. The lowest BCUT2D eigenvalue weighted by molar-refractivity contribution is 0.0854. The van der Waals surface area contributed by atoms with E-state index in [0.29, 0.717) is 31.0 Å². The van der Waals surface area contributed by atoms with Gasteiger partial charge < -0.3 is 15.4 Å². The topological polar surface area (TPSA) is 89.8 Å². The van der Waals surface area contributed by atoms with Gasteiger partial charge in [0, 0.05) is 32.6 Å². The standard InChI is InChI=1S/C12H19N7O/c1-4-20-9(2)7-15-11-16-10(13-3)17-12(18-11)19-6-5-14-8-19/h5-6,8-9H,4,7H2,1-3H3,(H2,13,15,16,17,18). The van der Waals surface area contributed by atoms with Gasteiger partial charge in [-0.1, -0.05) is 0 Å². The van der Waals surface area contributed by atoms with Crippen molar-refractivity contribution in [3.8, 4) is 5.95 Å². The van der Waals surface area contributed by atoms with Crippen molar-refractivity contribution >= 4 is 11.9 Å². The Morgan fingerprint density at radius 1 is 1.30 bits per heavy atom. The Hall–Kier alpha value is -2.22. The number of imidazole rings is 1. The maximum absolute atomic E-state index is 5.46. The molecule has 1 unspecified atom stereocenters. The Balaban J connectivity index is 2.14. The summed E-state index contributed by atoms with van der Waals surface area (Å²) in [5, 5.41) is 6.06. The fourth-order valence-corrected chi connectivity index (χ4v) is 1.63. The largest absolute Gasteiger partial charge is 0.377 e. The molecule has 2 rings (SSSR count). The van der Waals surface area contributed by atoms with Crippen molar-refractivity contribution < 1.29 is 4.74 Å². The van der Waals surface area contributed by atoms with Gasteiger partial charge in [0.2, 0.25) is 17.8 Å². The van der Waals surface area contributed by atoms with Crippen LogP contribution in [0, 0.1) is 0 Å². The van der Waals surface area contributed by atoms with Gasteiger partial charge in [-0.15, -0.1) is 0 Å². The maximum atomic E-state index is 5.46. The lowest BCUT2D eigenvalue weighted by Gasteiger charge is -2.13. The molecule has 0 aliphatic heterocycles. The molecule has 2 aromatic rings. The summed E-state index contributed by atoms with van der Waals surface area (Å²) in [7, 11) is 1.76. The molecular formula is C12H19N7O. The summed E-state index contributed by atoms with van der Waals surface area (Å²) in [6.07, 6.45) is 5.18. The Bertz CT molecular complexity index is 529. The number of rotatable bonds is 7. The number of hydrogen-bond acceptors (Lipinski definition) is 7. The van der Waals surface area contributed by atoms with Crippen LogP contribution in [0.1, 0.15) is 13.8 Å². The number of aromatic nitrogens is 5. The third-order valence-electron chi connectivity index (χ3n) is 2.58. The van der Waals surface area contributed by atoms with Crippen molar-refractivity contribution in [3.63, 3.8) is 0 Å². The third-order valence-corrected chi connectivity index (χ3v) is 2.58. The second-order valence-corrected chi connectivity index (χ2v) is 4.15. The van der Waals surface area contributed by atoms with Gasteiger partial charge in [-0.3, -0.25) is 4.57 Å². The maximum Gasteiger partial charge on any atom is 0.241 e. The molecule has 0 amide bonds.